The summed E-state index contributed by atoms with van der Waals surface area (Å²) in [5.41, 5.74) is 3.24. The minimum atomic E-state index is -0.0415. The van der Waals surface area contributed by atoms with Crippen LogP contribution in [0.4, 0.5) is 10.5 Å². The Labute approximate surface area is 171 Å². The fraction of sp³-hybridized carbons (Fsp3) is 0.304. The van der Waals surface area contributed by atoms with Crippen LogP contribution in [0.1, 0.15) is 18.4 Å². The summed E-state index contributed by atoms with van der Waals surface area (Å²) in [7, 11) is 1.90. The normalized spacial score (nSPS) is 16.4. The number of hydrogen-bond donors (Lipinski definition) is 1. The van der Waals surface area contributed by atoms with Crippen LogP contribution >= 0.6 is 0 Å². The number of carbonyl (C=O) groups is 1. The van der Waals surface area contributed by atoms with Crippen LogP contribution < -0.4 is 10.2 Å². The largest absolute Gasteiger partial charge is 0.369 e. The summed E-state index contributed by atoms with van der Waals surface area (Å²) in [6.45, 7) is 2.36. The van der Waals surface area contributed by atoms with Crippen molar-refractivity contribution in [1.82, 2.24) is 20.0 Å². The zero-order chi connectivity index (χ0) is 20.1. The highest BCUT2D eigenvalue weighted by Crippen LogP contribution is 2.22. The van der Waals surface area contributed by atoms with Gasteiger partial charge < -0.3 is 15.1 Å². The van der Waals surface area contributed by atoms with Gasteiger partial charge in [0.1, 0.15) is 0 Å². The number of anilines is 1. The van der Waals surface area contributed by atoms with Crippen LogP contribution in [0.25, 0.3) is 5.69 Å². The molecule has 1 aromatic heterocycles. The summed E-state index contributed by atoms with van der Waals surface area (Å²) >= 11 is 0. The molecule has 1 saturated heterocycles. The number of nitrogens with zero attached hydrogens (tertiary/aromatic N) is 4. The molecule has 1 unspecified atom stereocenters. The van der Waals surface area contributed by atoms with Gasteiger partial charge >= 0.3 is 6.03 Å². The molecule has 3 aromatic rings. The summed E-state index contributed by atoms with van der Waals surface area (Å²) in [6, 6.07) is 20.5. The molecule has 1 aliphatic heterocycles. The van der Waals surface area contributed by atoms with Crippen molar-refractivity contribution < 1.29 is 4.79 Å². The third-order valence-corrected chi connectivity index (χ3v) is 5.56. The number of hydrogen-bond acceptors (Lipinski definition) is 3. The number of benzene rings is 2. The molecule has 0 bridgehead atoms. The van der Waals surface area contributed by atoms with E-state index in [1.54, 1.807) is 6.20 Å². The van der Waals surface area contributed by atoms with Gasteiger partial charge in [0.2, 0.25) is 0 Å². The van der Waals surface area contributed by atoms with Gasteiger partial charge in [-0.15, -0.1) is 0 Å². The first-order valence-electron chi connectivity index (χ1n) is 10.1. The minimum Gasteiger partial charge on any atom is -0.369 e. The summed E-state index contributed by atoms with van der Waals surface area (Å²) in [6.07, 6.45) is 5.77. The topological polar surface area (TPSA) is 53.4 Å². The Bertz CT molecular complexity index is 925. The van der Waals surface area contributed by atoms with Crippen LogP contribution in [0.2, 0.25) is 0 Å². The molecule has 1 aliphatic rings. The van der Waals surface area contributed by atoms with Crippen molar-refractivity contribution >= 4 is 11.7 Å². The molecule has 2 aromatic carbocycles. The maximum absolute atomic E-state index is 12.8. The van der Waals surface area contributed by atoms with Gasteiger partial charge in [0, 0.05) is 44.8 Å². The van der Waals surface area contributed by atoms with E-state index in [1.165, 1.54) is 5.69 Å². The van der Waals surface area contributed by atoms with Crippen LogP contribution in [0.5, 0.6) is 0 Å². The van der Waals surface area contributed by atoms with Gasteiger partial charge in [0.25, 0.3) is 0 Å². The van der Waals surface area contributed by atoms with Gasteiger partial charge in [-0.05, 0) is 42.7 Å². The average molecular weight is 390 g/mol. The molecule has 2 amide bonds. The number of aromatic nitrogens is 2. The standard InChI is InChI=1S/C23H27N5O/c1-26(21-12-7-15-27(18-21)20-10-3-2-4-11-20)23(29)24-17-19-9-5-6-13-22(19)28-16-8-14-25-28/h2-6,8-11,13-14,16,21H,7,12,15,17-18H2,1H3,(H,24,29). The number of piperidine rings is 1. The first kappa shape index (κ1) is 19.1. The molecule has 150 valence electrons. The second-order valence-corrected chi connectivity index (χ2v) is 7.43. The number of rotatable bonds is 5. The van der Waals surface area contributed by atoms with E-state index in [-0.39, 0.29) is 12.1 Å². The number of urea groups is 1. The molecule has 0 aliphatic carbocycles. The van der Waals surface area contributed by atoms with Gasteiger partial charge in [-0.25, -0.2) is 9.48 Å². The molecule has 1 N–H and O–H groups in total. The lowest BCUT2D eigenvalue weighted by Gasteiger charge is -2.38. The molecular weight excluding hydrogens is 362 g/mol. The van der Waals surface area contributed by atoms with Crippen LogP contribution in [0, 0.1) is 0 Å². The Kier molecular flexibility index (Phi) is 5.79. The van der Waals surface area contributed by atoms with Gasteiger partial charge in [-0.3, -0.25) is 0 Å². The summed E-state index contributed by atoms with van der Waals surface area (Å²) in [4.78, 5) is 17.0. The van der Waals surface area contributed by atoms with E-state index in [1.807, 2.05) is 59.2 Å². The van der Waals surface area contributed by atoms with Crippen molar-refractivity contribution in [3.8, 4) is 5.69 Å². The second kappa shape index (κ2) is 8.82. The van der Waals surface area contributed by atoms with E-state index in [0.29, 0.717) is 6.54 Å². The number of likely N-dealkylation sites (N-methyl/N-ethyl adjacent to an activating group) is 1. The van der Waals surface area contributed by atoms with E-state index < -0.39 is 0 Å². The first-order chi connectivity index (χ1) is 14.2. The highest BCUT2D eigenvalue weighted by molar-refractivity contribution is 5.74. The Hall–Kier alpha value is -3.28. The van der Waals surface area contributed by atoms with Crippen molar-refractivity contribution in [3.63, 3.8) is 0 Å². The third kappa shape index (κ3) is 4.42. The Balaban J connectivity index is 1.38. The van der Waals surface area contributed by atoms with Gasteiger partial charge in [0.05, 0.1) is 11.7 Å². The van der Waals surface area contributed by atoms with Gasteiger partial charge in [0.15, 0.2) is 0 Å². The maximum Gasteiger partial charge on any atom is 0.317 e. The Morgan fingerprint density at radius 2 is 1.93 bits per heavy atom. The highest BCUT2D eigenvalue weighted by atomic mass is 16.2. The molecule has 1 atom stereocenters. The second-order valence-electron chi connectivity index (χ2n) is 7.43. The molecule has 0 saturated carbocycles. The summed E-state index contributed by atoms with van der Waals surface area (Å²) < 4.78 is 1.82. The van der Waals surface area contributed by atoms with Crippen LogP contribution in [0.3, 0.4) is 0 Å². The Morgan fingerprint density at radius 1 is 1.14 bits per heavy atom. The number of carbonyl (C=O) groups excluding carboxylic acids is 1. The van der Waals surface area contributed by atoms with Crippen molar-refractivity contribution in [1.29, 1.82) is 0 Å². The SMILES string of the molecule is CN(C(=O)NCc1ccccc1-n1cccn1)C1CCCN(c2ccccc2)C1. The molecule has 29 heavy (non-hydrogen) atoms. The zero-order valence-electron chi connectivity index (χ0n) is 16.7. The van der Waals surface area contributed by atoms with Crippen molar-refractivity contribution in [2.24, 2.45) is 0 Å². The minimum absolute atomic E-state index is 0.0415. The lowest BCUT2D eigenvalue weighted by Crippen LogP contribution is -2.51. The Morgan fingerprint density at radius 3 is 2.72 bits per heavy atom. The quantitative estimate of drug-likeness (QED) is 0.724. The summed E-state index contributed by atoms with van der Waals surface area (Å²) in [5.74, 6) is 0. The molecular formula is C23H27N5O. The predicted octanol–water partition coefficient (Wildman–Crippen LogP) is 3.68. The smallest absolute Gasteiger partial charge is 0.317 e. The number of para-hydroxylation sites is 2. The third-order valence-electron chi connectivity index (χ3n) is 5.56. The fourth-order valence-electron chi connectivity index (χ4n) is 3.90. The van der Waals surface area contributed by atoms with Crippen molar-refractivity contribution in [3.05, 3.63) is 78.6 Å². The van der Waals surface area contributed by atoms with E-state index >= 15 is 0 Å². The van der Waals surface area contributed by atoms with Crippen LogP contribution in [0.15, 0.2) is 73.1 Å². The van der Waals surface area contributed by atoms with Crippen LogP contribution in [-0.4, -0.2) is 46.9 Å². The van der Waals surface area contributed by atoms with E-state index in [2.05, 4.69) is 39.6 Å². The van der Waals surface area contributed by atoms with Crippen molar-refractivity contribution in [2.45, 2.75) is 25.4 Å². The molecule has 6 heteroatoms. The summed E-state index contributed by atoms with van der Waals surface area (Å²) in [5, 5.41) is 7.39. The van der Waals surface area contributed by atoms with E-state index in [0.717, 1.165) is 37.2 Å². The molecule has 0 spiro atoms. The fourth-order valence-corrected chi connectivity index (χ4v) is 3.90. The predicted molar refractivity (Wildman–Crippen MR) is 115 cm³/mol. The van der Waals surface area contributed by atoms with Crippen molar-refractivity contribution in [2.75, 3.05) is 25.0 Å². The number of amides is 2. The zero-order valence-corrected chi connectivity index (χ0v) is 16.7. The average Bonchev–Trinajstić information content (AvgIpc) is 3.32. The van der Waals surface area contributed by atoms with E-state index in [9.17, 15) is 4.79 Å². The van der Waals surface area contributed by atoms with E-state index in [4.69, 9.17) is 0 Å². The van der Waals surface area contributed by atoms with Crippen LogP contribution in [-0.2, 0) is 6.54 Å². The van der Waals surface area contributed by atoms with Gasteiger partial charge in [-0.1, -0.05) is 36.4 Å². The lowest BCUT2D eigenvalue weighted by molar-refractivity contribution is 0.182. The first-order valence-corrected chi connectivity index (χ1v) is 10.1. The molecule has 1 fully saturated rings. The molecule has 0 radical (unpaired) electrons. The monoisotopic (exact) mass is 389 g/mol. The lowest BCUT2D eigenvalue weighted by atomic mass is 10.0. The highest BCUT2D eigenvalue weighted by Gasteiger charge is 2.26. The molecule has 4 rings (SSSR count). The maximum atomic E-state index is 12.8. The van der Waals surface area contributed by atoms with Gasteiger partial charge in [-0.2, -0.15) is 5.10 Å². The molecule has 2 heterocycles. The number of nitrogens with one attached hydrogen (secondary N) is 1. The molecule has 6 nitrogen and oxygen atoms in total.